The average Bonchev–Trinajstić information content (AvgIpc) is 3.66. The van der Waals surface area contributed by atoms with Crippen molar-refractivity contribution in [1.82, 2.24) is 20.4 Å². The maximum absolute atomic E-state index is 14.5. The Morgan fingerprint density at radius 2 is 1.69 bits per heavy atom. The van der Waals surface area contributed by atoms with Gasteiger partial charge in [-0.05, 0) is 61.0 Å². The molecule has 5 amide bonds. The van der Waals surface area contributed by atoms with Gasteiger partial charge in [-0.15, -0.1) is 0 Å². The third-order valence-corrected chi connectivity index (χ3v) is 12.8. The Morgan fingerprint density at radius 1 is 0.983 bits per heavy atom. The molecule has 4 rings (SSSR count). The van der Waals surface area contributed by atoms with Crippen LogP contribution in [-0.2, 0) is 45.7 Å². The van der Waals surface area contributed by atoms with Gasteiger partial charge in [-0.3, -0.25) is 38.6 Å². The largest absolute Gasteiger partial charge is 0.370 e. The van der Waals surface area contributed by atoms with Gasteiger partial charge < -0.3 is 37.6 Å². The number of benzene rings is 1. The third-order valence-electron chi connectivity index (χ3n) is 11.6. The second-order valence-corrected chi connectivity index (χ2v) is 18.3. The zero-order valence-corrected chi connectivity index (χ0v) is 35.5. The number of guanidine groups is 1. The summed E-state index contributed by atoms with van der Waals surface area (Å²) >= 11 is 1.45. The first-order valence-corrected chi connectivity index (χ1v) is 21.8. The lowest BCUT2D eigenvalue weighted by Crippen LogP contribution is -2.55. The Kier molecular flexibility index (Phi) is 17.1. The number of primary amides is 1. The van der Waals surface area contributed by atoms with Crippen molar-refractivity contribution >= 4 is 58.8 Å². The van der Waals surface area contributed by atoms with Gasteiger partial charge in [-0.2, -0.15) is 11.8 Å². The van der Waals surface area contributed by atoms with Gasteiger partial charge >= 0.3 is 0 Å². The van der Waals surface area contributed by atoms with E-state index in [0.29, 0.717) is 31.6 Å². The summed E-state index contributed by atoms with van der Waals surface area (Å²) in [6, 6.07) is 4.89. The molecule has 16 heteroatoms. The molecule has 58 heavy (non-hydrogen) atoms. The number of carbonyl (C=O) groups excluding carboxylic acids is 7. The van der Waals surface area contributed by atoms with E-state index >= 15 is 0 Å². The normalized spacial score (nSPS) is 23.1. The van der Waals surface area contributed by atoms with Gasteiger partial charge in [0.1, 0.15) is 6.04 Å². The number of fused-ring (bicyclic) bond motifs is 3. The van der Waals surface area contributed by atoms with E-state index in [2.05, 4.69) is 15.6 Å². The van der Waals surface area contributed by atoms with Crippen LogP contribution in [0.5, 0.6) is 0 Å². The molecule has 320 valence electrons. The van der Waals surface area contributed by atoms with Crippen molar-refractivity contribution in [3.8, 4) is 0 Å². The second kappa shape index (κ2) is 21.5. The van der Waals surface area contributed by atoms with E-state index in [1.54, 1.807) is 7.05 Å². The monoisotopic (exact) mass is 824 g/mol. The first-order chi connectivity index (χ1) is 27.4. The van der Waals surface area contributed by atoms with Gasteiger partial charge in [0.15, 0.2) is 17.5 Å². The first kappa shape index (κ1) is 46.2. The molecule has 0 unspecified atom stereocenters. The standard InChI is InChI=1S/C42H64N8O7S/c1-42(2,3)30(38(43)55)22-33(51)31(15-9-17-46-41(44)45)47-39(56)29-21-34(52)37(28-13-6-5-7-14-28)48-40(57)32-16-10-18-50(32)36(54)23-49(4)35(53)20-26-11-8-12-27(19-26)24-58-25-29/h8,11-12,19,28-32,37H,5-7,9-10,13-18,20-25H2,1-4H3,(H2,43,55)(H,47,56)(H,48,57)(H4,44,45,46)/t29-,30+,31-,32-,37-/m0/s1. The highest BCUT2D eigenvalue weighted by molar-refractivity contribution is 7.98. The molecule has 2 fully saturated rings. The molecule has 5 atom stereocenters. The van der Waals surface area contributed by atoms with Crippen molar-refractivity contribution in [3.63, 3.8) is 0 Å². The first-order valence-electron chi connectivity index (χ1n) is 20.6. The number of carbonyl (C=O) groups is 7. The molecule has 1 aromatic carbocycles. The number of rotatable bonds is 11. The van der Waals surface area contributed by atoms with Crippen molar-refractivity contribution in [2.75, 3.05) is 32.4 Å². The van der Waals surface area contributed by atoms with Crippen molar-refractivity contribution < 1.29 is 33.6 Å². The number of aliphatic imine (C=N–C) groups is 1. The Balaban J connectivity index is 1.67. The molecular formula is C42H64N8O7S. The summed E-state index contributed by atoms with van der Waals surface area (Å²) in [5.41, 5.74) is 17.8. The van der Waals surface area contributed by atoms with E-state index in [-0.39, 0.29) is 79.8 Å². The molecule has 2 heterocycles. The lowest BCUT2D eigenvalue weighted by atomic mass is 9.76. The number of Topliss-reactive ketones (excluding diaryl/α,β-unsaturated/α-hetero) is 2. The highest BCUT2D eigenvalue weighted by atomic mass is 32.2. The van der Waals surface area contributed by atoms with Crippen LogP contribution in [0.3, 0.4) is 0 Å². The van der Waals surface area contributed by atoms with Crippen LogP contribution in [0, 0.1) is 23.2 Å². The molecule has 15 nitrogen and oxygen atoms in total. The fraction of sp³-hybridized carbons (Fsp3) is 0.667. The van der Waals surface area contributed by atoms with E-state index < -0.39 is 53.1 Å². The number of nitrogens with one attached hydrogen (secondary N) is 2. The molecule has 0 spiro atoms. The second-order valence-electron chi connectivity index (χ2n) is 17.3. The van der Waals surface area contributed by atoms with Crippen LogP contribution in [0.25, 0.3) is 0 Å². The number of hydrogen-bond donors (Lipinski definition) is 5. The number of thioether (sulfide) groups is 1. The van der Waals surface area contributed by atoms with Crippen LogP contribution in [0.15, 0.2) is 29.3 Å². The summed E-state index contributed by atoms with van der Waals surface area (Å²) in [6.07, 6.45) is 5.59. The van der Waals surface area contributed by atoms with Gasteiger partial charge in [0.05, 0.1) is 31.0 Å². The van der Waals surface area contributed by atoms with Gasteiger partial charge in [0.25, 0.3) is 0 Å². The maximum atomic E-state index is 14.5. The highest BCUT2D eigenvalue weighted by Gasteiger charge is 2.40. The number of hydrogen-bond acceptors (Lipinski definition) is 9. The van der Waals surface area contributed by atoms with Crippen molar-refractivity contribution in [3.05, 3.63) is 35.4 Å². The minimum absolute atomic E-state index is 0.0826. The topological polar surface area (TPSA) is 240 Å². The summed E-state index contributed by atoms with van der Waals surface area (Å²) in [5.74, 6) is -3.95. The Hall–Kier alpha value is -4.47. The molecule has 0 aromatic heterocycles. The van der Waals surface area contributed by atoms with Crippen LogP contribution in [-0.4, -0.2) is 107 Å². The Bertz CT molecular complexity index is 1690. The molecule has 1 aromatic rings. The van der Waals surface area contributed by atoms with Gasteiger partial charge in [-0.25, -0.2) is 0 Å². The number of nitrogens with two attached hydrogens (primary N) is 3. The molecule has 1 aliphatic carbocycles. The van der Waals surface area contributed by atoms with Crippen LogP contribution < -0.4 is 27.8 Å². The third kappa shape index (κ3) is 13.6. The molecule has 2 bridgehead atoms. The number of ketones is 2. The quantitative estimate of drug-likeness (QED) is 0.124. The molecule has 0 radical (unpaired) electrons. The maximum Gasteiger partial charge on any atom is 0.243 e. The summed E-state index contributed by atoms with van der Waals surface area (Å²) in [7, 11) is 1.58. The zero-order valence-electron chi connectivity index (χ0n) is 34.6. The van der Waals surface area contributed by atoms with Gasteiger partial charge in [0.2, 0.25) is 29.5 Å². The van der Waals surface area contributed by atoms with Crippen molar-refractivity contribution in [2.45, 2.75) is 122 Å². The lowest BCUT2D eigenvalue weighted by Gasteiger charge is -2.33. The van der Waals surface area contributed by atoms with Crippen LogP contribution in [0.2, 0.25) is 0 Å². The molecule has 8 N–H and O–H groups in total. The minimum atomic E-state index is -1.00. The predicted molar refractivity (Wildman–Crippen MR) is 224 cm³/mol. The van der Waals surface area contributed by atoms with E-state index in [9.17, 15) is 33.6 Å². The van der Waals surface area contributed by atoms with E-state index in [1.807, 2.05) is 45.0 Å². The molecule has 1 saturated carbocycles. The minimum Gasteiger partial charge on any atom is -0.370 e. The Labute approximate surface area is 346 Å². The summed E-state index contributed by atoms with van der Waals surface area (Å²) in [5, 5.41) is 5.97. The summed E-state index contributed by atoms with van der Waals surface area (Å²) in [4.78, 5) is 103. The van der Waals surface area contributed by atoms with Gasteiger partial charge in [0, 0.05) is 50.4 Å². The fourth-order valence-corrected chi connectivity index (χ4v) is 9.32. The summed E-state index contributed by atoms with van der Waals surface area (Å²) < 4.78 is 0. The van der Waals surface area contributed by atoms with E-state index in [1.165, 1.54) is 21.6 Å². The molecular weight excluding hydrogens is 761 g/mol. The number of nitrogens with zero attached hydrogens (tertiary/aromatic N) is 3. The van der Waals surface area contributed by atoms with E-state index in [4.69, 9.17) is 17.2 Å². The van der Waals surface area contributed by atoms with Crippen molar-refractivity contribution in [2.24, 2.45) is 45.4 Å². The lowest BCUT2D eigenvalue weighted by molar-refractivity contribution is -0.143. The summed E-state index contributed by atoms with van der Waals surface area (Å²) in [6.45, 7) is 5.88. The van der Waals surface area contributed by atoms with Gasteiger partial charge in [-0.1, -0.05) is 64.3 Å². The predicted octanol–water partition coefficient (Wildman–Crippen LogP) is 2.21. The Morgan fingerprint density at radius 3 is 2.36 bits per heavy atom. The fourth-order valence-electron chi connectivity index (χ4n) is 8.24. The number of likely N-dealkylation sites (N-methyl/N-ethyl adjacent to an activating group) is 1. The van der Waals surface area contributed by atoms with Crippen LogP contribution in [0.1, 0.15) is 103 Å². The zero-order chi connectivity index (χ0) is 42.6. The smallest absolute Gasteiger partial charge is 0.243 e. The molecule has 3 aliphatic rings. The molecule has 1 saturated heterocycles. The van der Waals surface area contributed by atoms with E-state index in [0.717, 1.165) is 43.2 Å². The van der Waals surface area contributed by atoms with Crippen LogP contribution >= 0.6 is 11.8 Å². The molecule has 2 aliphatic heterocycles. The number of amides is 5. The average molecular weight is 825 g/mol. The van der Waals surface area contributed by atoms with Crippen LogP contribution in [0.4, 0.5) is 0 Å². The highest BCUT2D eigenvalue weighted by Crippen LogP contribution is 2.31. The van der Waals surface area contributed by atoms with Crippen molar-refractivity contribution in [1.29, 1.82) is 0 Å². The SMILES string of the molecule is CN1CC(=O)N2CCC[C@H]2C(=O)N[C@@H](C2CCCCC2)C(=O)C[C@H](C(=O)N[C@@H](CCCN=C(N)N)C(=O)C[C@H](C(N)=O)C(C)(C)C)CSCc2cccc(c2)CC1=O.